The molecule has 2 unspecified atom stereocenters. The van der Waals surface area contributed by atoms with E-state index in [9.17, 15) is 4.79 Å². The lowest BCUT2D eigenvalue weighted by Gasteiger charge is -2.44. The SMILES string of the molecule is CCC(CC)C(=O)N1CC(C(C)C)NCC1C(C)C. The summed E-state index contributed by atoms with van der Waals surface area (Å²) in [6.45, 7) is 14.9. The maximum atomic E-state index is 12.7. The largest absolute Gasteiger partial charge is 0.336 e. The highest BCUT2D eigenvalue weighted by Crippen LogP contribution is 2.22. The first-order chi connectivity index (χ1) is 8.92. The van der Waals surface area contributed by atoms with E-state index in [0.29, 0.717) is 29.8 Å². The second-order valence-corrected chi connectivity index (χ2v) is 6.57. The van der Waals surface area contributed by atoms with Crippen molar-refractivity contribution in [1.82, 2.24) is 10.2 Å². The number of carbonyl (C=O) groups excluding carboxylic acids is 1. The summed E-state index contributed by atoms with van der Waals surface area (Å²) in [4.78, 5) is 14.9. The normalized spacial score (nSPS) is 24.6. The standard InChI is InChI=1S/C16H32N2O/c1-7-13(8-2)16(19)18-10-14(11(3)4)17-9-15(18)12(5)6/h11-15,17H,7-10H2,1-6H3. The molecule has 112 valence electrons. The Hall–Kier alpha value is -0.570. The molecule has 1 heterocycles. The number of nitrogens with one attached hydrogen (secondary N) is 1. The van der Waals surface area contributed by atoms with E-state index in [0.717, 1.165) is 25.9 Å². The molecule has 19 heavy (non-hydrogen) atoms. The molecule has 1 fully saturated rings. The molecule has 0 bridgehead atoms. The van der Waals surface area contributed by atoms with Crippen LogP contribution in [0.2, 0.25) is 0 Å². The molecular formula is C16H32N2O. The first kappa shape index (κ1) is 16.5. The van der Waals surface area contributed by atoms with E-state index < -0.39 is 0 Å². The molecule has 0 aromatic carbocycles. The minimum Gasteiger partial charge on any atom is -0.336 e. The van der Waals surface area contributed by atoms with Crippen LogP contribution in [0.15, 0.2) is 0 Å². The third-order valence-corrected chi connectivity index (χ3v) is 4.58. The van der Waals surface area contributed by atoms with Crippen molar-refractivity contribution in [2.24, 2.45) is 17.8 Å². The molecule has 1 amide bonds. The van der Waals surface area contributed by atoms with Crippen LogP contribution in [-0.2, 0) is 4.79 Å². The number of carbonyl (C=O) groups is 1. The molecule has 1 aliphatic rings. The molecule has 0 spiro atoms. The molecule has 0 aromatic heterocycles. The van der Waals surface area contributed by atoms with Gasteiger partial charge in [-0.25, -0.2) is 0 Å². The number of piperazine rings is 1. The Morgan fingerprint density at radius 3 is 2.16 bits per heavy atom. The van der Waals surface area contributed by atoms with Crippen molar-refractivity contribution in [3.8, 4) is 0 Å². The molecule has 2 atom stereocenters. The predicted octanol–water partition coefficient (Wildman–Crippen LogP) is 2.90. The average Bonchev–Trinajstić information content (AvgIpc) is 2.39. The van der Waals surface area contributed by atoms with E-state index in [-0.39, 0.29) is 5.92 Å². The summed E-state index contributed by atoms with van der Waals surface area (Å²) >= 11 is 0. The van der Waals surface area contributed by atoms with E-state index in [2.05, 4.69) is 51.8 Å². The lowest BCUT2D eigenvalue weighted by molar-refractivity contribution is -0.141. The molecule has 0 radical (unpaired) electrons. The van der Waals surface area contributed by atoms with Gasteiger partial charge in [0.05, 0.1) is 0 Å². The van der Waals surface area contributed by atoms with Crippen molar-refractivity contribution in [2.45, 2.75) is 66.5 Å². The van der Waals surface area contributed by atoms with Crippen molar-refractivity contribution < 1.29 is 4.79 Å². The van der Waals surface area contributed by atoms with Gasteiger partial charge in [0.2, 0.25) is 5.91 Å². The summed E-state index contributed by atoms with van der Waals surface area (Å²) in [7, 11) is 0. The van der Waals surface area contributed by atoms with Crippen molar-refractivity contribution in [3.63, 3.8) is 0 Å². The maximum absolute atomic E-state index is 12.7. The van der Waals surface area contributed by atoms with Gasteiger partial charge in [0.1, 0.15) is 0 Å². The zero-order chi connectivity index (χ0) is 14.6. The van der Waals surface area contributed by atoms with E-state index in [1.165, 1.54) is 0 Å². The number of rotatable bonds is 5. The fraction of sp³-hybridized carbons (Fsp3) is 0.938. The summed E-state index contributed by atoms with van der Waals surface area (Å²) in [5.41, 5.74) is 0. The Morgan fingerprint density at radius 1 is 1.16 bits per heavy atom. The maximum Gasteiger partial charge on any atom is 0.226 e. The quantitative estimate of drug-likeness (QED) is 0.831. The smallest absolute Gasteiger partial charge is 0.226 e. The summed E-state index contributed by atoms with van der Waals surface area (Å²) in [6.07, 6.45) is 1.91. The monoisotopic (exact) mass is 268 g/mol. The van der Waals surface area contributed by atoms with Crippen LogP contribution in [-0.4, -0.2) is 36.0 Å². The number of amides is 1. The van der Waals surface area contributed by atoms with E-state index in [1.54, 1.807) is 0 Å². The van der Waals surface area contributed by atoms with Crippen LogP contribution in [0.4, 0.5) is 0 Å². The first-order valence-electron chi connectivity index (χ1n) is 7.96. The molecule has 0 saturated carbocycles. The van der Waals surface area contributed by atoms with Gasteiger partial charge in [-0.3, -0.25) is 4.79 Å². The lowest BCUT2D eigenvalue weighted by Crippen LogP contribution is -2.62. The van der Waals surface area contributed by atoms with Crippen molar-refractivity contribution in [2.75, 3.05) is 13.1 Å². The van der Waals surface area contributed by atoms with Gasteiger partial charge in [0, 0.05) is 31.1 Å². The number of hydrogen-bond donors (Lipinski definition) is 1. The fourth-order valence-electron chi connectivity index (χ4n) is 2.96. The van der Waals surface area contributed by atoms with Gasteiger partial charge < -0.3 is 10.2 Å². The van der Waals surface area contributed by atoms with E-state index in [1.807, 2.05) is 0 Å². The zero-order valence-electron chi connectivity index (χ0n) is 13.6. The Labute approximate surface area is 119 Å². The zero-order valence-corrected chi connectivity index (χ0v) is 13.6. The summed E-state index contributed by atoms with van der Waals surface area (Å²) in [5.74, 6) is 1.66. The second kappa shape index (κ2) is 7.28. The van der Waals surface area contributed by atoms with Crippen molar-refractivity contribution in [1.29, 1.82) is 0 Å². The van der Waals surface area contributed by atoms with Crippen molar-refractivity contribution in [3.05, 3.63) is 0 Å². The number of nitrogens with zero attached hydrogens (tertiary/aromatic N) is 1. The Bertz CT molecular complexity index is 284. The summed E-state index contributed by atoms with van der Waals surface area (Å²) < 4.78 is 0. The minimum atomic E-state index is 0.201. The molecule has 0 aromatic rings. The topological polar surface area (TPSA) is 32.3 Å². The highest BCUT2D eigenvalue weighted by Gasteiger charge is 2.35. The molecule has 3 nitrogen and oxygen atoms in total. The highest BCUT2D eigenvalue weighted by molar-refractivity contribution is 5.79. The van der Waals surface area contributed by atoms with Crippen LogP contribution < -0.4 is 5.32 Å². The summed E-state index contributed by atoms with van der Waals surface area (Å²) in [6, 6.07) is 0.788. The molecular weight excluding hydrogens is 236 g/mol. The van der Waals surface area contributed by atoms with Crippen LogP contribution in [0.5, 0.6) is 0 Å². The van der Waals surface area contributed by atoms with E-state index in [4.69, 9.17) is 0 Å². The Balaban J connectivity index is 2.85. The molecule has 3 heteroatoms. The molecule has 1 saturated heterocycles. The van der Waals surface area contributed by atoms with Gasteiger partial charge in [-0.05, 0) is 24.7 Å². The molecule has 1 rings (SSSR count). The third kappa shape index (κ3) is 3.95. The Kier molecular flexibility index (Phi) is 6.31. The van der Waals surface area contributed by atoms with Crippen LogP contribution in [0.25, 0.3) is 0 Å². The lowest BCUT2D eigenvalue weighted by atomic mass is 9.91. The second-order valence-electron chi connectivity index (χ2n) is 6.57. The fourth-order valence-corrected chi connectivity index (χ4v) is 2.96. The van der Waals surface area contributed by atoms with Crippen LogP contribution >= 0.6 is 0 Å². The van der Waals surface area contributed by atoms with Crippen LogP contribution in [0.1, 0.15) is 54.4 Å². The van der Waals surface area contributed by atoms with Crippen LogP contribution in [0.3, 0.4) is 0 Å². The molecule has 1 aliphatic heterocycles. The molecule has 0 aliphatic carbocycles. The number of hydrogen-bond acceptors (Lipinski definition) is 2. The third-order valence-electron chi connectivity index (χ3n) is 4.58. The average molecular weight is 268 g/mol. The highest BCUT2D eigenvalue weighted by atomic mass is 16.2. The van der Waals surface area contributed by atoms with E-state index >= 15 is 0 Å². The van der Waals surface area contributed by atoms with Gasteiger partial charge in [-0.15, -0.1) is 0 Å². The Morgan fingerprint density at radius 2 is 1.74 bits per heavy atom. The van der Waals surface area contributed by atoms with Gasteiger partial charge in [-0.2, -0.15) is 0 Å². The molecule has 1 N–H and O–H groups in total. The van der Waals surface area contributed by atoms with Gasteiger partial charge in [0.15, 0.2) is 0 Å². The van der Waals surface area contributed by atoms with Crippen LogP contribution in [0, 0.1) is 17.8 Å². The van der Waals surface area contributed by atoms with Gasteiger partial charge in [-0.1, -0.05) is 41.5 Å². The predicted molar refractivity (Wildman–Crippen MR) is 81.0 cm³/mol. The van der Waals surface area contributed by atoms with Crippen molar-refractivity contribution >= 4 is 5.91 Å². The summed E-state index contributed by atoms with van der Waals surface area (Å²) in [5, 5.41) is 3.62. The first-order valence-corrected chi connectivity index (χ1v) is 7.96. The minimum absolute atomic E-state index is 0.201. The van der Waals surface area contributed by atoms with Gasteiger partial charge in [0.25, 0.3) is 0 Å². The van der Waals surface area contributed by atoms with Gasteiger partial charge >= 0.3 is 0 Å².